The monoisotopic (exact) mass is 163 g/mol. The molecule has 0 fully saturated rings. The predicted octanol–water partition coefficient (Wildman–Crippen LogP) is -0.963. The lowest BCUT2D eigenvalue weighted by atomic mass is 10.5. The Morgan fingerprint density at radius 3 is 1.36 bits per heavy atom. The second-order valence-electron chi connectivity index (χ2n) is 1.43. The Morgan fingerprint density at radius 1 is 1.18 bits per heavy atom. The Bertz CT molecular complexity index is 152. The molecule has 6 nitrogen and oxygen atoms in total. The SMILES string of the molecule is CCC(N)=O.O=C(O)C(=O)O. The van der Waals surface area contributed by atoms with E-state index in [0.29, 0.717) is 6.42 Å². The van der Waals surface area contributed by atoms with Gasteiger partial charge in [0.2, 0.25) is 5.91 Å². The van der Waals surface area contributed by atoms with E-state index in [4.69, 9.17) is 19.8 Å². The van der Waals surface area contributed by atoms with Crippen molar-refractivity contribution in [1.82, 2.24) is 0 Å². The first-order valence-electron chi connectivity index (χ1n) is 2.66. The molecule has 0 atom stereocenters. The summed E-state index contributed by atoms with van der Waals surface area (Å²) in [6, 6.07) is 0. The van der Waals surface area contributed by atoms with E-state index in [2.05, 4.69) is 5.73 Å². The van der Waals surface area contributed by atoms with E-state index in [-0.39, 0.29) is 5.91 Å². The first kappa shape index (κ1) is 12.1. The van der Waals surface area contributed by atoms with Crippen molar-refractivity contribution in [2.24, 2.45) is 5.73 Å². The highest BCUT2D eigenvalue weighted by Gasteiger charge is 2.04. The van der Waals surface area contributed by atoms with E-state index in [1.54, 1.807) is 6.92 Å². The molecule has 0 heterocycles. The van der Waals surface area contributed by atoms with Gasteiger partial charge in [0.25, 0.3) is 0 Å². The smallest absolute Gasteiger partial charge is 0.414 e. The minimum Gasteiger partial charge on any atom is -0.473 e. The molecule has 0 spiro atoms. The summed E-state index contributed by atoms with van der Waals surface area (Å²) in [5.74, 6) is -3.89. The molecule has 0 saturated carbocycles. The fourth-order valence-electron chi connectivity index (χ4n) is 0. The molecule has 0 aliphatic heterocycles. The van der Waals surface area contributed by atoms with E-state index >= 15 is 0 Å². The number of hydrogen-bond donors (Lipinski definition) is 3. The molecule has 0 bridgehead atoms. The van der Waals surface area contributed by atoms with Gasteiger partial charge in [0.15, 0.2) is 0 Å². The van der Waals surface area contributed by atoms with Gasteiger partial charge < -0.3 is 15.9 Å². The normalized spacial score (nSPS) is 7.36. The van der Waals surface area contributed by atoms with Gasteiger partial charge in [-0.3, -0.25) is 4.79 Å². The first-order valence-corrected chi connectivity index (χ1v) is 2.66. The molecule has 6 heteroatoms. The highest BCUT2D eigenvalue weighted by molar-refractivity contribution is 6.27. The van der Waals surface area contributed by atoms with Crippen molar-refractivity contribution in [3.05, 3.63) is 0 Å². The largest absolute Gasteiger partial charge is 0.473 e. The van der Waals surface area contributed by atoms with Crippen molar-refractivity contribution in [2.45, 2.75) is 13.3 Å². The fourth-order valence-corrected chi connectivity index (χ4v) is 0. The molecule has 0 unspecified atom stereocenters. The van der Waals surface area contributed by atoms with Gasteiger partial charge in [0.05, 0.1) is 0 Å². The third-order valence-electron chi connectivity index (χ3n) is 0.531. The quantitative estimate of drug-likeness (QED) is 0.430. The standard InChI is InChI=1S/C3H7NO.C2H2O4/c1-2-3(4)5;3-1(4)2(5)6/h2H2,1H3,(H2,4,5);(H,3,4)(H,5,6). The summed E-state index contributed by atoms with van der Waals surface area (Å²) in [6.07, 6.45) is 0.444. The van der Waals surface area contributed by atoms with Crippen molar-refractivity contribution >= 4 is 17.8 Å². The predicted molar refractivity (Wildman–Crippen MR) is 34.8 cm³/mol. The summed E-state index contributed by atoms with van der Waals surface area (Å²) in [5, 5.41) is 14.8. The Kier molecular flexibility index (Phi) is 7.19. The summed E-state index contributed by atoms with van der Waals surface area (Å²) < 4.78 is 0. The summed E-state index contributed by atoms with van der Waals surface area (Å²) in [5.41, 5.74) is 4.65. The zero-order chi connectivity index (χ0) is 9.44. The number of nitrogens with two attached hydrogens (primary N) is 1. The van der Waals surface area contributed by atoms with Crippen LogP contribution in [0, 0.1) is 0 Å². The summed E-state index contributed by atoms with van der Waals surface area (Å²) in [7, 11) is 0. The van der Waals surface area contributed by atoms with Gasteiger partial charge in [-0.05, 0) is 0 Å². The first-order chi connectivity index (χ1) is 4.91. The zero-order valence-electron chi connectivity index (χ0n) is 5.90. The number of rotatable bonds is 1. The molecular formula is C5H9NO5. The number of carboxylic acid groups (broad SMARTS) is 2. The van der Waals surface area contributed by atoms with Gasteiger partial charge >= 0.3 is 11.9 Å². The Labute approximate surface area is 62.6 Å². The highest BCUT2D eigenvalue weighted by Crippen LogP contribution is 1.63. The topological polar surface area (TPSA) is 118 Å². The van der Waals surface area contributed by atoms with Crippen molar-refractivity contribution < 1.29 is 24.6 Å². The maximum Gasteiger partial charge on any atom is 0.414 e. The molecule has 0 aromatic heterocycles. The molecule has 0 rings (SSSR count). The van der Waals surface area contributed by atoms with E-state index in [9.17, 15) is 4.79 Å². The molecule has 11 heavy (non-hydrogen) atoms. The third kappa shape index (κ3) is 17.8. The van der Waals surface area contributed by atoms with Crippen LogP contribution in [0.1, 0.15) is 13.3 Å². The maximum atomic E-state index is 9.59. The van der Waals surface area contributed by atoms with Gasteiger partial charge in [-0.1, -0.05) is 6.92 Å². The molecule has 0 saturated heterocycles. The van der Waals surface area contributed by atoms with Crippen LogP contribution in [0.2, 0.25) is 0 Å². The van der Waals surface area contributed by atoms with Crippen LogP contribution in [0.15, 0.2) is 0 Å². The van der Waals surface area contributed by atoms with Crippen LogP contribution in [-0.2, 0) is 14.4 Å². The minimum absolute atomic E-state index is 0.245. The average molecular weight is 163 g/mol. The number of carbonyl (C=O) groups excluding carboxylic acids is 1. The highest BCUT2D eigenvalue weighted by atomic mass is 16.4. The molecule has 0 aliphatic rings. The minimum atomic E-state index is -1.82. The number of primary amides is 1. The molecule has 0 aliphatic carbocycles. The van der Waals surface area contributed by atoms with Crippen LogP contribution in [0.5, 0.6) is 0 Å². The van der Waals surface area contributed by atoms with Gasteiger partial charge in [-0.15, -0.1) is 0 Å². The molecule has 0 radical (unpaired) electrons. The number of aliphatic carboxylic acids is 2. The van der Waals surface area contributed by atoms with Crippen LogP contribution in [0.3, 0.4) is 0 Å². The van der Waals surface area contributed by atoms with Gasteiger partial charge in [-0.25, -0.2) is 9.59 Å². The molecule has 64 valence electrons. The fraction of sp³-hybridized carbons (Fsp3) is 0.400. The van der Waals surface area contributed by atoms with E-state index < -0.39 is 11.9 Å². The molecule has 0 aromatic carbocycles. The average Bonchev–Trinajstić information content (AvgIpc) is 1.89. The molecule has 1 amide bonds. The van der Waals surface area contributed by atoms with Crippen LogP contribution >= 0.6 is 0 Å². The number of carboxylic acids is 2. The third-order valence-corrected chi connectivity index (χ3v) is 0.531. The van der Waals surface area contributed by atoms with Crippen LogP contribution in [0.4, 0.5) is 0 Å². The van der Waals surface area contributed by atoms with Crippen LogP contribution < -0.4 is 5.73 Å². The van der Waals surface area contributed by atoms with Gasteiger partial charge in [-0.2, -0.15) is 0 Å². The van der Waals surface area contributed by atoms with E-state index in [0.717, 1.165) is 0 Å². The lowest BCUT2D eigenvalue weighted by Gasteiger charge is -1.73. The number of hydrogen-bond acceptors (Lipinski definition) is 3. The molecule has 0 aromatic rings. The second-order valence-corrected chi connectivity index (χ2v) is 1.43. The number of carbonyl (C=O) groups is 3. The Balaban J connectivity index is 0. The van der Waals surface area contributed by atoms with Crippen molar-refractivity contribution in [2.75, 3.05) is 0 Å². The van der Waals surface area contributed by atoms with E-state index in [1.807, 2.05) is 0 Å². The summed E-state index contributed by atoms with van der Waals surface area (Å²) >= 11 is 0. The second kappa shape index (κ2) is 6.53. The van der Waals surface area contributed by atoms with Crippen molar-refractivity contribution in [3.63, 3.8) is 0 Å². The van der Waals surface area contributed by atoms with Gasteiger partial charge in [0.1, 0.15) is 0 Å². The molecule has 4 N–H and O–H groups in total. The molecular weight excluding hydrogens is 154 g/mol. The Morgan fingerprint density at radius 2 is 1.36 bits per heavy atom. The van der Waals surface area contributed by atoms with E-state index in [1.165, 1.54) is 0 Å². The lowest BCUT2D eigenvalue weighted by molar-refractivity contribution is -0.159. The zero-order valence-corrected chi connectivity index (χ0v) is 5.90. The van der Waals surface area contributed by atoms with Crippen LogP contribution in [-0.4, -0.2) is 28.1 Å². The van der Waals surface area contributed by atoms with Crippen molar-refractivity contribution in [3.8, 4) is 0 Å². The lowest BCUT2D eigenvalue weighted by Crippen LogP contribution is -2.09. The Hall–Kier alpha value is -1.59. The van der Waals surface area contributed by atoms with Crippen LogP contribution in [0.25, 0.3) is 0 Å². The summed E-state index contributed by atoms with van der Waals surface area (Å²) in [4.78, 5) is 27.8. The maximum absolute atomic E-state index is 9.59. The van der Waals surface area contributed by atoms with Gasteiger partial charge in [0, 0.05) is 6.42 Å². The van der Waals surface area contributed by atoms with Crippen molar-refractivity contribution in [1.29, 1.82) is 0 Å². The summed E-state index contributed by atoms with van der Waals surface area (Å²) in [6.45, 7) is 1.72. The number of amides is 1.